The maximum Gasteiger partial charge on any atom is 0.326 e. The van der Waals surface area contributed by atoms with Crippen LogP contribution in [0.5, 0.6) is 0 Å². The summed E-state index contributed by atoms with van der Waals surface area (Å²) in [5.74, 6) is 0. The minimum atomic E-state index is -0.732. The molecular weight excluding hydrogens is 228 g/mol. The molecule has 0 aliphatic rings. The molecule has 0 saturated heterocycles. The lowest BCUT2D eigenvalue weighted by Crippen LogP contribution is -2.35. The van der Waals surface area contributed by atoms with E-state index in [0.29, 0.717) is 6.54 Å². The molecule has 1 aromatic rings. The van der Waals surface area contributed by atoms with Crippen LogP contribution in [0.25, 0.3) is 0 Å². The molecule has 7 heteroatoms. The molecule has 16 heavy (non-hydrogen) atoms. The minimum Gasteiger partial charge on any atom is -0.351 e. The topological polar surface area (TPSA) is 101 Å². The molecule has 0 atom stereocenters. The number of urea groups is 2. The van der Waals surface area contributed by atoms with E-state index in [2.05, 4.69) is 4.72 Å². The van der Waals surface area contributed by atoms with Crippen molar-refractivity contribution in [1.82, 2.24) is 9.03 Å². The fraction of sp³-hybridized carbons (Fsp3) is 0.111. The molecule has 0 fully saturated rings. The van der Waals surface area contributed by atoms with Gasteiger partial charge in [-0.1, -0.05) is 30.3 Å². The van der Waals surface area contributed by atoms with Crippen molar-refractivity contribution in [3.05, 3.63) is 35.9 Å². The van der Waals surface area contributed by atoms with Gasteiger partial charge in [-0.25, -0.2) is 13.9 Å². The fourth-order valence-corrected chi connectivity index (χ4v) is 1.51. The Morgan fingerprint density at radius 2 is 1.88 bits per heavy atom. The number of nitrogens with zero attached hydrogens (tertiary/aromatic N) is 1. The fourth-order valence-electron chi connectivity index (χ4n) is 1.00. The number of nitrogens with one attached hydrogen (secondary N) is 1. The first-order valence-electron chi connectivity index (χ1n) is 4.43. The van der Waals surface area contributed by atoms with Gasteiger partial charge in [0.05, 0.1) is 18.7 Å². The number of carbonyl (C=O) groups is 2. The molecule has 6 nitrogen and oxygen atoms in total. The lowest BCUT2D eigenvalue weighted by molar-refractivity contribution is 0.233. The molecule has 1 rings (SSSR count). The Kier molecular flexibility index (Phi) is 4.46. The maximum absolute atomic E-state index is 11.1. The normalized spacial score (nSPS) is 9.50. The average Bonchev–Trinajstić information content (AvgIpc) is 2.25. The van der Waals surface area contributed by atoms with Crippen LogP contribution in [-0.2, 0) is 6.54 Å². The van der Waals surface area contributed by atoms with E-state index in [4.69, 9.17) is 11.5 Å². The van der Waals surface area contributed by atoms with Crippen LogP contribution < -0.4 is 16.2 Å². The number of hydrogen-bond acceptors (Lipinski definition) is 3. The second kappa shape index (κ2) is 5.86. The predicted octanol–water partition coefficient (Wildman–Crippen LogP) is 0.799. The van der Waals surface area contributed by atoms with Gasteiger partial charge in [0.2, 0.25) is 0 Å². The molecule has 0 aliphatic carbocycles. The highest BCUT2D eigenvalue weighted by Crippen LogP contribution is 2.11. The molecule has 0 unspecified atom stereocenters. The summed E-state index contributed by atoms with van der Waals surface area (Å²) >= 11 is 0.767. The van der Waals surface area contributed by atoms with E-state index >= 15 is 0 Å². The summed E-state index contributed by atoms with van der Waals surface area (Å²) in [5.41, 5.74) is 10.9. The van der Waals surface area contributed by atoms with E-state index in [0.717, 1.165) is 17.7 Å². The molecule has 0 aliphatic heterocycles. The first-order valence-corrected chi connectivity index (χ1v) is 5.20. The Morgan fingerprint density at radius 1 is 1.25 bits per heavy atom. The summed E-state index contributed by atoms with van der Waals surface area (Å²) in [6.07, 6.45) is 0. The van der Waals surface area contributed by atoms with Gasteiger partial charge in [0, 0.05) is 0 Å². The van der Waals surface area contributed by atoms with Crippen molar-refractivity contribution in [1.29, 1.82) is 0 Å². The summed E-state index contributed by atoms with van der Waals surface area (Å²) in [6.45, 7) is 0.293. The van der Waals surface area contributed by atoms with Crippen LogP contribution in [0, 0.1) is 0 Å². The van der Waals surface area contributed by atoms with Gasteiger partial charge in [-0.2, -0.15) is 0 Å². The van der Waals surface area contributed by atoms with E-state index in [-0.39, 0.29) is 0 Å². The van der Waals surface area contributed by atoms with Gasteiger partial charge in [0.25, 0.3) is 0 Å². The third-order valence-corrected chi connectivity index (χ3v) is 2.49. The Bertz CT molecular complexity index is 371. The Morgan fingerprint density at radius 3 is 2.38 bits per heavy atom. The lowest BCUT2D eigenvalue weighted by Gasteiger charge is -2.17. The standard InChI is InChI=1S/C9H12N4O2S/c10-8(14)12-16-13(9(11)15)6-7-4-2-1-3-5-7/h1-5H,6H2,(H2,11,15)(H3,10,12,14). The van der Waals surface area contributed by atoms with Crippen LogP contribution in [0.15, 0.2) is 30.3 Å². The molecule has 5 N–H and O–H groups in total. The van der Waals surface area contributed by atoms with Crippen LogP contribution in [-0.4, -0.2) is 16.4 Å². The van der Waals surface area contributed by atoms with Crippen molar-refractivity contribution in [2.24, 2.45) is 11.5 Å². The van der Waals surface area contributed by atoms with Gasteiger partial charge in [0.15, 0.2) is 0 Å². The molecule has 1 aromatic carbocycles. The number of nitrogens with two attached hydrogens (primary N) is 2. The van der Waals surface area contributed by atoms with Gasteiger partial charge < -0.3 is 11.5 Å². The monoisotopic (exact) mass is 240 g/mol. The molecule has 4 amide bonds. The number of carbonyl (C=O) groups excluding carboxylic acids is 2. The zero-order valence-corrected chi connectivity index (χ0v) is 9.24. The smallest absolute Gasteiger partial charge is 0.326 e. The van der Waals surface area contributed by atoms with Crippen LogP contribution in [0.1, 0.15) is 5.56 Å². The van der Waals surface area contributed by atoms with E-state index in [1.165, 1.54) is 4.31 Å². The molecule has 0 radical (unpaired) electrons. The molecule has 0 spiro atoms. The van der Waals surface area contributed by atoms with Crippen molar-refractivity contribution in [2.45, 2.75) is 6.54 Å². The summed E-state index contributed by atoms with van der Waals surface area (Å²) in [4.78, 5) is 21.5. The average molecular weight is 240 g/mol. The third-order valence-electron chi connectivity index (χ3n) is 1.67. The summed E-state index contributed by atoms with van der Waals surface area (Å²) in [7, 11) is 0. The number of primary amides is 2. The molecular formula is C9H12N4O2S. The highest BCUT2D eigenvalue weighted by molar-refractivity contribution is 7.96. The van der Waals surface area contributed by atoms with Crippen molar-refractivity contribution in [3.8, 4) is 0 Å². The molecule has 0 saturated carbocycles. The van der Waals surface area contributed by atoms with Crippen LogP contribution in [0.3, 0.4) is 0 Å². The lowest BCUT2D eigenvalue weighted by atomic mass is 10.2. The largest absolute Gasteiger partial charge is 0.351 e. The highest BCUT2D eigenvalue weighted by atomic mass is 32.2. The Hall–Kier alpha value is -1.89. The zero-order valence-electron chi connectivity index (χ0n) is 8.42. The van der Waals surface area contributed by atoms with Gasteiger partial charge >= 0.3 is 12.1 Å². The van der Waals surface area contributed by atoms with Gasteiger partial charge in [-0.3, -0.25) is 4.72 Å². The Labute approximate surface area is 97.2 Å². The first-order chi connectivity index (χ1) is 7.59. The van der Waals surface area contributed by atoms with Crippen molar-refractivity contribution in [2.75, 3.05) is 0 Å². The summed E-state index contributed by atoms with van der Waals surface area (Å²) in [6, 6.07) is 7.88. The van der Waals surface area contributed by atoms with Gasteiger partial charge in [-0.15, -0.1) is 0 Å². The van der Waals surface area contributed by atoms with Crippen LogP contribution in [0.2, 0.25) is 0 Å². The van der Waals surface area contributed by atoms with Crippen LogP contribution in [0.4, 0.5) is 9.59 Å². The maximum atomic E-state index is 11.1. The number of hydrogen-bond donors (Lipinski definition) is 3. The highest BCUT2D eigenvalue weighted by Gasteiger charge is 2.11. The molecule has 86 valence electrons. The van der Waals surface area contributed by atoms with E-state index < -0.39 is 12.1 Å². The summed E-state index contributed by atoms with van der Waals surface area (Å²) in [5, 5.41) is 0. The van der Waals surface area contributed by atoms with Crippen molar-refractivity contribution >= 4 is 24.2 Å². The molecule has 0 bridgehead atoms. The summed E-state index contributed by atoms with van der Waals surface area (Å²) < 4.78 is 3.42. The zero-order chi connectivity index (χ0) is 12.0. The van der Waals surface area contributed by atoms with Crippen molar-refractivity contribution < 1.29 is 9.59 Å². The predicted molar refractivity (Wildman–Crippen MR) is 61.9 cm³/mol. The van der Waals surface area contributed by atoms with E-state index in [1.54, 1.807) is 0 Å². The number of benzene rings is 1. The van der Waals surface area contributed by atoms with E-state index in [9.17, 15) is 9.59 Å². The first kappa shape index (κ1) is 12.2. The quantitative estimate of drug-likeness (QED) is 0.678. The second-order valence-corrected chi connectivity index (χ2v) is 3.75. The van der Waals surface area contributed by atoms with Gasteiger partial charge in [0.1, 0.15) is 0 Å². The second-order valence-electron chi connectivity index (χ2n) is 2.92. The van der Waals surface area contributed by atoms with E-state index in [1.807, 2.05) is 30.3 Å². The number of amides is 4. The number of rotatable bonds is 4. The van der Waals surface area contributed by atoms with Crippen molar-refractivity contribution in [3.63, 3.8) is 0 Å². The Balaban J connectivity index is 2.58. The van der Waals surface area contributed by atoms with Gasteiger partial charge in [-0.05, 0) is 5.56 Å². The third kappa shape index (κ3) is 4.09. The molecule has 0 heterocycles. The minimum absolute atomic E-state index is 0.293. The SMILES string of the molecule is NC(=O)NSN(Cc1ccccc1)C(N)=O. The molecule has 0 aromatic heterocycles. The van der Waals surface area contributed by atoms with Crippen LogP contribution >= 0.6 is 12.1 Å².